The standard InChI is InChI=1S/C13H9F4NO2S2/c14-11-6-1-2-7-12(11)21-10-5-3-4-9(8-10)18-22(19,20)13(15,16)17/h1-8,18H. The van der Waals surface area contributed by atoms with Crippen LogP contribution < -0.4 is 4.72 Å². The second-order valence-electron chi connectivity index (χ2n) is 4.11. The predicted molar refractivity (Wildman–Crippen MR) is 75.6 cm³/mol. The summed E-state index contributed by atoms with van der Waals surface area (Å²) in [6, 6.07) is 11.1. The Balaban J connectivity index is 2.23. The number of rotatable bonds is 4. The van der Waals surface area contributed by atoms with Gasteiger partial charge in [0.15, 0.2) is 0 Å². The van der Waals surface area contributed by atoms with E-state index in [1.54, 1.807) is 6.07 Å². The second-order valence-corrected chi connectivity index (χ2v) is 6.90. The molecule has 2 rings (SSSR count). The molecule has 0 saturated heterocycles. The first-order valence-electron chi connectivity index (χ1n) is 5.80. The highest BCUT2D eigenvalue weighted by molar-refractivity contribution is 7.99. The van der Waals surface area contributed by atoms with Gasteiger partial charge in [0.1, 0.15) is 5.82 Å². The fraction of sp³-hybridized carbons (Fsp3) is 0.0769. The number of sulfonamides is 1. The van der Waals surface area contributed by atoms with E-state index >= 15 is 0 Å². The zero-order chi connectivity index (χ0) is 16.4. The molecule has 0 aliphatic carbocycles. The summed E-state index contributed by atoms with van der Waals surface area (Å²) in [7, 11) is -5.48. The number of hydrogen-bond donors (Lipinski definition) is 1. The molecule has 1 N–H and O–H groups in total. The van der Waals surface area contributed by atoms with Crippen LogP contribution in [0.5, 0.6) is 0 Å². The molecule has 2 aromatic carbocycles. The highest BCUT2D eigenvalue weighted by atomic mass is 32.2. The molecule has 0 spiro atoms. The summed E-state index contributed by atoms with van der Waals surface area (Å²) >= 11 is 0.971. The lowest BCUT2D eigenvalue weighted by Gasteiger charge is -2.11. The third-order valence-electron chi connectivity index (χ3n) is 2.46. The van der Waals surface area contributed by atoms with Gasteiger partial charge in [-0.05, 0) is 30.3 Å². The largest absolute Gasteiger partial charge is 0.516 e. The van der Waals surface area contributed by atoms with Gasteiger partial charge in [-0.25, -0.2) is 4.39 Å². The Hall–Kier alpha value is -1.74. The Bertz CT molecular complexity index is 776. The van der Waals surface area contributed by atoms with Crippen molar-refractivity contribution >= 4 is 27.5 Å². The zero-order valence-electron chi connectivity index (χ0n) is 10.8. The lowest BCUT2D eigenvalue weighted by Crippen LogP contribution is -2.29. The van der Waals surface area contributed by atoms with E-state index in [2.05, 4.69) is 0 Å². The molecule has 0 aliphatic heterocycles. The molecule has 3 nitrogen and oxygen atoms in total. The van der Waals surface area contributed by atoms with Crippen LogP contribution in [-0.2, 0) is 10.0 Å². The van der Waals surface area contributed by atoms with Crippen molar-refractivity contribution in [1.82, 2.24) is 0 Å². The minimum atomic E-state index is -5.48. The van der Waals surface area contributed by atoms with Crippen LogP contribution in [0.4, 0.5) is 23.2 Å². The Morgan fingerprint density at radius 3 is 2.32 bits per heavy atom. The van der Waals surface area contributed by atoms with Gasteiger partial charge in [0.25, 0.3) is 0 Å². The third kappa shape index (κ3) is 3.92. The molecule has 0 bridgehead atoms. The van der Waals surface area contributed by atoms with Gasteiger partial charge >= 0.3 is 15.5 Å². The van der Waals surface area contributed by atoms with Crippen LogP contribution in [0.25, 0.3) is 0 Å². The fourth-order valence-electron chi connectivity index (χ4n) is 1.49. The predicted octanol–water partition coefficient (Wildman–Crippen LogP) is 4.24. The van der Waals surface area contributed by atoms with E-state index in [1.807, 2.05) is 0 Å². The fourth-order valence-corrected chi connectivity index (χ4v) is 2.94. The van der Waals surface area contributed by atoms with Gasteiger partial charge in [-0.2, -0.15) is 21.6 Å². The van der Waals surface area contributed by atoms with E-state index in [9.17, 15) is 26.0 Å². The molecule has 0 saturated carbocycles. The van der Waals surface area contributed by atoms with Gasteiger partial charge in [-0.1, -0.05) is 30.0 Å². The van der Waals surface area contributed by atoms with Gasteiger partial charge in [0.2, 0.25) is 0 Å². The van der Waals surface area contributed by atoms with Crippen LogP contribution in [-0.4, -0.2) is 13.9 Å². The smallest absolute Gasteiger partial charge is 0.276 e. The van der Waals surface area contributed by atoms with Gasteiger partial charge in [0, 0.05) is 15.5 Å². The van der Waals surface area contributed by atoms with Crippen molar-refractivity contribution < 1.29 is 26.0 Å². The third-order valence-corrected chi connectivity index (χ3v) is 4.61. The molecule has 0 aliphatic rings. The average Bonchev–Trinajstić information content (AvgIpc) is 2.40. The Labute approximate surface area is 128 Å². The van der Waals surface area contributed by atoms with E-state index in [1.165, 1.54) is 47.2 Å². The molecule has 22 heavy (non-hydrogen) atoms. The van der Waals surface area contributed by atoms with E-state index in [-0.39, 0.29) is 10.6 Å². The molecule has 0 heterocycles. The Morgan fingerprint density at radius 1 is 1.00 bits per heavy atom. The lowest BCUT2D eigenvalue weighted by atomic mass is 10.3. The van der Waals surface area contributed by atoms with E-state index in [4.69, 9.17) is 0 Å². The zero-order valence-corrected chi connectivity index (χ0v) is 12.4. The summed E-state index contributed by atoms with van der Waals surface area (Å²) < 4.78 is 74.0. The van der Waals surface area contributed by atoms with Crippen LogP contribution >= 0.6 is 11.8 Å². The summed E-state index contributed by atoms with van der Waals surface area (Å²) in [4.78, 5) is 0.672. The molecular weight excluding hydrogens is 342 g/mol. The number of alkyl halides is 3. The highest BCUT2D eigenvalue weighted by Gasteiger charge is 2.46. The molecule has 0 amide bonds. The quantitative estimate of drug-likeness (QED) is 0.838. The first-order chi connectivity index (χ1) is 10.2. The van der Waals surface area contributed by atoms with E-state index in [0.717, 1.165) is 11.8 Å². The van der Waals surface area contributed by atoms with Crippen LogP contribution in [0, 0.1) is 5.82 Å². The number of halogens is 4. The van der Waals surface area contributed by atoms with Gasteiger partial charge in [-0.3, -0.25) is 4.72 Å². The summed E-state index contributed by atoms with van der Waals surface area (Å²) in [5, 5.41) is 0. The van der Waals surface area contributed by atoms with Crippen molar-refractivity contribution in [2.45, 2.75) is 15.3 Å². The molecular formula is C13H9F4NO2S2. The number of anilines is 1. The van der Waals surface area contributed by atoms with Crippen LogP contribution in [0.1, 0.15) is 0 Å². The van der Waals surface area contributed by atoms with E-state index < -0.39 is 21.3 Å². The van der Waals surface area contributed by atoms with Gasteiger partial charge in [0.05, 0.1) is 0 Å². The van der Waals surface area contributed by atoms with Crippen molar-refractivity contribution in [3.63, 3.8) is 0 Å². The summed E-state index contributed by atoms with van der Waals surface area (Å²) in [5.74, 6) is -0.478. The molecule has 0 atom stereocenters. The van der Waals surface area contributed by atoms with Crippen molar-refractivity contribution in [1.29, 1.82) is 0 Å². The van der Waals surface area contributed by atoms with Gasteiger partial charge < -0.3 is 0 Å². The minimum Gasteiger partial charge on any atom is -0.276 e. The first kappa shape index (κ1) is 16.6. The summed E-state index contributed by atoms with van der Waals surface area (Å²) in [6.45, 7) is 0. The number of nitrogens with one attached hydrogen (secondary N) is 1. The number of benzene rings is 2. The van der Waals surface area contributed by atoms with Crippen LogP contribution in [0.2, 0.25) is 0 Å². The maximum absolute atomic E-state index is 13.5. The molecule has 118 valence electrons. The first-order valence-corrected chi connectivity index (χ1v) is 8.10. The molecule has 0 radical (unpaired) electrons. The maximum atomic E-state index is 13.5. The normalized spacial score (nSPS) is 12.2. The maximum Gasteiger partial charge on any atom is 0.516 e. The molecule has 2 aromatic rings. The second kappa shape index (κ2) is 6.17. The summed E-state index contributed by atoms with van der Waals surface area (Å²) in [5.41, 5.74) is -5.65. The molecule has 0 fully saturated rings. The average molecular weight is 351 g/mol. The SMILES string of the molecule is O=S(=O)(Nc1cccc(Sc2ccccc2F)c1)C(F)(F)F. The van der Waals surface area contributed by atoms with Crippen molar-refractivity contribution in [3.8, 4) is 0 Å². The number of hydrogen-bond acceptors (Lipinski definition) is 3. The minimum absolute atomic E-state index is 0.251. The van der Waals surface area contributed by atoms with Gasteiger partial charge in [-0.15, -0.1) is 0 Å². The monoisotopic (exact) mass is 351 g/mol. The topological polar surface area (TPSA) is 46.2 Å². The van der Waals surface area contributed by atoms with Crippen molar-refractivity contribution in [2.75, 3.05) is 4.72 Å². The van der Waals surface area contributed by atoms with Crippen LogP contribution in [0.3, 0.4) is 0 Å². The highest BCUT2D eigenvalue weighted by Crippen LogP contribution is 2.32. The lowest BCUT2D eigenvalue weighted by molar-refractivity contribution is -0.0429. The van der Waals surface area contributed by atoms with Crippen molar-refractivity contribution in [3.05, 3.63) is 54.3 Å². The molecule has 0 aromatic heterocycles. The van der Waals surface area contributed by atoms with Crippen LogP contribution in [0.15, 0.2) is 58.3 Å². The molecule has 9 heteroatoms. The molecule has 0 unspecified atom stereocenters. The van der Waals surface area contributed by atoms with E-state index in [0.29, 0.717) is 4.90 Å². The Kier molecular flexibility index (Phi) is 4.66. The van der Waals surface area contributed by atoms with Crippen molar-refractivity contribution in [2.24, 2.45) is 0 Å². The summed E-state index contributed by atoms with van der Waals surface area (Å²) in [6.07, 6.45) is 0. The Morgan fingerprint density at radius 2 is 1.68 bits per heavy atom.